The number of nitrogens with one attached hydrogen (secondary N) is 1. The van der Waals surface area contributed by atoms with Crippen LogP contribution in [0.3, 0.4) is 0 Å². The molecule has 0 saturated carbocycles. The molecule has 166 valence electrons. The maximum absolute atomic E-state index is 14.8. The van der Waals surface area contributed by atoms with Crippen LogP contribution in [-0.2, 0) is 4.79 Å². The van der Waals surface area contributed by atoms with E-state index in [0.29, 0.717) is 35.7 Å². The summed E-state index contributed by atoms with van der Waals surface area (Å²) < 4.78 is 25.5. The lowest BCUT2D eigenvalue weighted by atomic mass is 9.79. The minimum atomic E-state index is -0.823. The molecule has 0 fully saturated rings. The molecule has 0 spiro atoms. The molecule has 8 heteroatoms. The van der Waals surface area contributed by atoms with Crippen molar-refractivity contribution in [1.29, 1.82) is 0 Å². The molecule has 0 unspecified atom stereocenters. The van der Waals surface area contributed by atoms with Crippen molar-refractivity contribution in [3.63, 3.8) is 0 Å². The predicted molar refractivity (Wildman–Crippen MR) is 115 cm³/mol. The number of benzene rings is 2. The zero-order valence-electron chi connectivity index (χ0n) is 18.4. The van der Waals surface area contributed by atoms with Gasteiger partial charge in [0.25, 0.3) is 5.91 Å². The van der Waals surface area contributed by atoms with Crippen LogP contribution in [0.1, 0.15) is 33.4 Å². The molecule has 3 rings (SSSR count). The normalized spacial score (nSPS) is 18.0. The van der Waals surface area contributed by atoms with Gasteiger partial charge in [-0.25, -0.2) is 4.39 Å². The number of hydrogen-bond acceptors (Lipinski definition) is 5. The van der Waals surface area contributed by atoms with Gasteiger partial charge in [0.05, 0.1) is 26.2 Å². The topological polar surface area (TPSA) is 71.1 Å². The van der Waals surface area contributed by atoms with Crippen molar-refractivity contribution in [3.05, 3.63) is 58.9 Å². The van der Waals surface area contributed by atoms with Gasteiger partial charge in [0, 0.05) is 31.3 Å². The number of carbonyl (C=O) groups is 2. The molecule has 0 bridgehead atoms. The lowest BCUT2D eigenvalue weighted by Gasteiger charge is -2.40. The molecule has 0 aromatic heterocycles. The standard InChI is InChI=1S/C23H28FN3O4/c1-26(2)11-10-25-22(28)20-15-12-18(30-4)19(31-5)13-16(15)23(29)27(3)21(20)14-8-6-7-9-17(14)24/h6-9,12-13,20-21H,10-11H2,1-5H3,(H,25,28)/t20-,21+/m0/s1. The summed E-state index contributed by atoms with van der Waals surface area (Å²) in [6.07, 6.45) is 0. The molecule has 0 aliphatic carbocycles. The Balaban J connectivity index is 2.16. The van der Waals surface area contributed by atoms with Crippen LogP contribution in [0, 0.1) is 5.82 Å². The molecule has 2 amide bonds. The Labute approximate surface area is 181 Å². The second-order valence-corrected chi connectivity index (χ2v) is 7.75. The minimum Gasteiger partial charge on any atom is -0.493 e. The molecule has 0 radical (unpaired) electrons. The van der Waals surface area contributed by atoms with E-state index in [2.05, 4.69) is 5.32 Å². The fourth-order valence-electron chi connectivity index (χ4n) is 3.95. The van der Waals surface area contributed by atoms with Gasteiger partial charge >= 0.3 is 0 Å². The van der Waals surface area contributed by atoms with E-state index in [-0.39, 0.29) is 17.4 Å². The monoisotopic (exact) mass is 429 g/mol. The smallest absolute Gasteiger partial charge is 0.254 e. The molecule has 1 N–H and O–H groups in total. The van der Waals surface area contributed by atoms with Gasteiger partial charge in [-0.05, 0) is 37.9 Å². The number of halogens is 1. The van der Waals surface area contributed by atoms with Gasteiger partial charge in [-0.3, -0.25) is 9.59 Å². The van der Waals surface area contributed by atoms with E-state index in [9.17, 15) is 14.0 Å². The lowest BCUT2D eigenvalue weighted by Crippen LogP contribution is -2.46. The average Bonchev–Trinajstić information content (AvgIpc) is 2.75. The number of hydrogen-bond donors (Lipinski definition) is 1. The number of fused-ring (bicyclic) bond motifs is 1. The highest BCUT2D eigenvalue weighted by molar-refractivity contribution is 6.02. The van der Waals surface area contributed by atoms with Gasteiger partial charge in [-0.2, -0.15) is 0 Å². The van der Waals surface area contributed by atoms with Gasteiger partial charge in [0.2, 0.25) is 5.91 Å². The van der Waals surface area contributed by atoms with Crippen molar-refractivity contribution in [1.82, 2.24) is 15.1 Å². The maximum Gasteiger partial charge on any atom is 0.254 e. The number of rotatable bonds is 7. The van der Waals surface area contributed by atoms with Gasteiger partial charge in [-0.15, -0.1) is 0 Å². The van der Waals surface area contributed by atoms with Gasteiger partial charge in [0.1, 0.15) is 5.82 Å². The SMILES string of the molecule is COc1cc2c(cc1OC)[C@H](C(=O)NCCN(C)C)[C@@H](c1ccccc1F)N(C)C2=O. The number of likely N-dealkylation sites (N-methyl/N-ethyl adjacent to an activating group) is 2. The number of methoxy groups -OCH3 is 2. The quantitative estimate of drug-likeness (QED) is 0.732. The molecular formula is C23H28FN3O4. The number of carbonyl (C=O) groups excluding carboxylic acids is 2. The summed E-state index contributed by atoms with van der Waals surface area (Å²) in [5.74, 6) is -1.11. The van der Waals surface area contributed by atoms with Crippen LogP contribution in [0.5, 0.6) is 11.5 Å². The number of amides is 2. The van der Waals surface area contributed by atoms with Crippen LogP contribution in [-0.4, -0.2) is 70.1 Å². The first-order valence-electron chi connectivity index (χ1n) is 10.00. The molecule has 1 aliphatic rings. The Morgan fingerprint density at radius 3 is 2.39 bits per heavy atom. The van der Waals surface area contributed by atoms with Crippen LogP contribution in [0.4, 0.5) is 4.39 Å². The summed E-state index contributed by atoms with van der Waals surface area (Å²) in [6, 6.07) is 8.63. The first-order valence-corrected chi connectivity index (χ1v) is 10.00. The minimum absolute atomic E-state index is 0.284. The Bertz CT molecular complexity index is 979. The highest BCUT2D eigenvalue weighted by Crippen LogP contribution is 2.46. The van der Waals surface area contributed by atoms with E-state index in [1.165, 1.54) is 25.2 Å². The third-order valence-electron chi connectivity index (χ3n) is 5.54. The summed E-state index contributed by atoms with van der Waals surface area (Å²) in [6.45, 7) is 1.07. The third kappa shape index (κ3) is 4.34. The summed E-state index contributed by atoms with van der Waals surface area (Å²) >= 11 is 0. The summed E-state index contributed by atoms with van der Waals surface area (Å²) in [5, 5.41) is 2.93. The van der Waals surface area contributed by atoms with Gasteiger partial charge in [-0.1, -0.05) is 18.2 Å². The molecule has 7 nitrogen and oxygen atoms in total. The Kier molecular flexibility index (Phi) is 6.80. The summed E-state index contributed by atoms with van der Waals surface area (Å²) in [5.41, 5.74) is 1.10. The zero-order valence-corrected chi connectivity index (χ0v) is 18.4. The molecule has 2 atom stereocenters. The maximum atomic E-state index is 14.8. The number of nitrogens with zero attached hydrogens (tertiary/aromatic N) is 2. The van der Waals surface area contributed by atoms with Crippen LogP contribution >= 0.6 is 0 Å². The Morgan fingerprint density at radius 1 is 1.13 bits per heavy atom. The molecule has 31 heavy (non-hydrogen) atoms. The van der Waals surface area contributed by atoms with Crippen LogP contribution in [0.15, 0.2) is 36.4 Å². The van der Waals surface area contributed by atoms with E-state index in [4.69, 9.17) is 9.47 Å². The molecule has 2 aromatic carbocycles. The highest BCUT2D eigenvalue weighted by Gasteiger charge is 2.44. The van der Waals surface area contributed by atoms with Crippen LogP contribution < -0.4 is 14.8 Å². The van der Waals surface area contributed by atoms with Crippen LogP contribution in [0.25, 0.3) is 0 Å². The van der Waals surface area contributed by atoms with E-state index in [1.54, 1.807) is 37.4 Å². The summed E-state index contributed by atoms with van der Waals surface area (Å²) in [4.78, 5) is 30.0. The second kappa shape index (κ2) is 9.34. The van der Waals surface area contributed by atoms with Crippen molar-refractivity contribution in [2.24, 2.45) is 0 Å². The first-order chi connectivity index (χ1) is 14.8. The largest absolute Gasteiger partial charge is 0.493 e. The first kappa shape index (κ1) is 22.6. The lowest BCUT2D eigenvalue weighted by molar-refractivity contribution is -0.124. The molecule has 2 aromatic rings. The van der Waals surface area contributed by atoms with Crippen molar-refractivity contribution in [2.45, 2.75) is 12.0 Å². The van der Waals surface area contributed by atoms with Crippen molar-refractivity contribution in [2.75, 3.05) is 48.5 Å². The van der Waals surface area contributed by atoms with Gasteiger partial charge < -0.3 is 24.6 Å². The molecule has 1 aliphatic heterocycles. The van der Waals surface area contributed by atoms with E-state index in [0.717, 1.165) is 0 Å². The van der Waals surface area contributed by atoms with Crippen molar-refractivity contribution >= 4 is 11.8 Å². The van der Waals surface area contributed by atoms with Crippen LogP contribution in [0.2, 0.25) is 0 Å². The Hall–Kier alpha value is -3.13. The zero-order chi connectivity index (χ0) is 22.7. The highest BCUT2D eigenvalue weighted by atomic mass is 19.1. The van der Waals surface area contributed by atoms with Gasteiger partial charge in [0.15, 0.2) is 11.5 Å². The second-order valence-electron chi connectivity index (χ2n) is 7.75. The van der Waals surface area contributed by atoms with E-state index < -0.39 is 17.8 Å². The Morgan fingerprint density at radius 2 is 1.77 bits per heavy atom. The number of ether oxygens (including phenoxy) is 2. The molecular weight excluding hydrogens is 401 g/mol. The van der Waals surface area contributed by atoms with E-state index in [1.807, 2.05) is 19.0 Å². The van der Waals surface area contributed by atoms with Crippen molar-refractivity contribution < 1.29 is 23.5 Å². The third-order valence-corrected chi connectivity index (χ3v) is 5.54. The van der Waals surface area contributed by atoms with E-state index >= 15 is 0 Å². The van der Waals surface area contributed by atoms with Crippen molar-refractivity contribution in [3.8, 4) is 11.5 Å². The molecule has 0 saturated heterocycles. The fourth-order valence-corrected chi connectivity index (χ4v) is 3.95. The predicted octanol–water partition coefficient (Wildman–Crippen LogP) is 2.43. The fraction of sp³-hybridized carbons (Fsp3) is 0.391. The summed E-state index contributed by atoms with van der Waals surface area (Å²) in [7, 11) is 8.37. The molecule has 1 heterocycles. The average molecular weight is 429 g/mol.